The number of benzene rings is 2. The first-order valence-electron chi connectivity index (χ1n) is 14.9. The van der Waals surface area contributed by atoms with Crippen LogP contribution < -0.4 is 15.4 Å². The van der Waals surface area contributed by atoms with E-state index in [0.29, 0.717) is 22.9 Å². The van der Waals surface area contributed by atoms with Crippen molar-refractivity contribution in [2.75, 3.05) is 32.5 Å². The Morgan fingerprint density at radius 1 is 1.02 bits per heavy atom. The number of para-hydroxylation sites is 1. The fraction of sp³-hybridized carbons (Fsp3) is 0.438. The fourth-order valence-electron chi connectivity index (χ4n) is 7.06. The lowest BCUT2D eigenvalue weighted by Gasteiger charge is -2.52. The van der Waals surface area contributed by atoms with E-state index in [1.165, 1.54) is 6.07 Å². The number of alkyl halides is 3. The van der Waals surface area contributed by atoms with Gasteiger partial charge in [0.15, 0.2) is 0 Å². The van der Waals surface area contributed by atoms with E-state index in [9.17, 15) is 22.8 Å². The molecule has 0 atom stereocenters. The van der Waals surface area contributed by atoms with Gasteiger partial charge in [0.2, 0.25) is 11.8 Å². The molecule has 9 nitrogen and oxygen atoms in total. The third-order valence-electron chi connectivity index (χ3n) is 9.84. The van der Waals surface area contributed by atoms with Gasteiger partial charge in [0.05, 0.1) is 22.4 Å². The highest BCUT2D eigenvalue weighted by molar-refractivity contribution is 6.03. The molecule has 2 N–H and O–H groups in total. The number of anilines is 2. The number of nitrogens with zero attached hydrogens (tertiary/aromatic N) is 4. The number of carbonyl (C=O) groups excluding carboxylic acids is 2. The molecule has 0 radical (unpaired) electrons. The van der Waals surface area contributed by atoms with Gasteiger partial charge in [-0.3, -0.25) is 9.59 Å². The van der Waals surface area contributed by atoms with E-state index >= 15 is 0 Å². The average Bonchev–Trinajstić information content (AvgIpc) is 3.75. The summed E-state index contributed by atoms with van der Waals surface area (Å²) in [4.78, 5) is 38.3. The number of fused-ring (bicyclic) bond motifs is 2. The fourth-order valence-corrected chi connectivity index (χ4v) is 7.06. The smallest absolute Gasteiger partial charge is 0.423 e. The molecule has 3 aromatic rings. The third-order valence-corrected chi connectivity index (χ3v) is 9.84. The molecule has 1 saturated heterocycles. The zero-order valence-electron chi connectivity index (χ0n) is 24.5. The Labute approximate surface area is 252 Å². The molecule has 2 saturated carbocycles. The van der Waals surface area contributed by atoms with Gasteiger partial charge in [-0.1, -0.05) is 24.3 Å². The zero-order chi connectivity index (χ0) is 30.9. The lowest BCUT2D eigenvalue weighted by Crippen LogP contribution is -2.54. The second kappa shape index (κ2) is 10.2. The first-order chi connectivity index (χ1) is 21.0. The van der Waals surface area contributed by atoms with Crippen LogP contribution >= 0.6 is 0 Å². The Hall–Kier alpha value is -4.19. The van der Waals surface area contributed by atoms with Crippen molar-refractivity contribution in [2.24, 2.45) is 5.41 Å². The van der Waals surface area contributed by atoms with Crippen molar-refractivity contribution in [1.29, 1.82) is 0 Å². The van der Waals surface area contributed by atoms with Gasteiger partial charge >= 0.3 is 6.18 Å². The number of amides is 2. The van der Waals surface area contributed by atoms with Gasteiger partial charge < -0.3 is 25.2 Å². The molecule has 230 valence electrons. The maximum atomic E-state index is 14.0. The van der Waals surface area contributed by atoms with Gasteiger partial charge in [0.1, 0.15) is 11.3 Å². The van der Waals surface area contributed by atoms with E-state index in [1.54, 1.807) is 42.3 Å². The van der Waals surface area contributed by atoms with E-state index in [1.807, 2.05) is 6.07 Å². The molecule has 2 spiro atoms. The van der Waals surface area contributed by atoms with Crippen molar-refractivity contribution >= 4 is 23.5 Å². The number of likely N-dealkylation sites (tertiary alicyclic amines) is 1. The number of hydrogen-bond acceptors (Lipinski definition) is 7. The Kier molecular flexibility index (Phi) is 6.61. The van der Waals surface area contributed by atoms with Crippen LogP contribution in [0.3, 0.4) is 0 Å². The summed E-state index contributed by atoms with van der Waals surface area (Å²) < 4.78 is 47.9. The largest absolute Gasteiger partial charge is 0.437 e. The van der Waals surface area contributed by atoms with E-state index in [-0.39, 0.29) is 35.1 Å². The molecular formula is C32H33F3N6O3. The minimum atomic E-state index is -4.81. The molecule has 1 aromatic heterocycles. The number of rotatable bonds is 6. The number of carbonyl (C=O) groups is 2. The van der Waals surface area contributed by atoms with Crippen LogP contribution in [-0.2, 0) is 11.7 Å². The number of ether oxygens (including phenoxy) is 1. The molecule has 12 heteroatoms. The predicted octanol–water partition coefficient (Wildman–Crippen LogP) is 5.71. The molecular weight excluding hydrogens is 573 g/mol. The van der Waals surface area contributed by atoms with Gasteiger partial charge in [0.25, 0.3) is 11.8 Å². The summed E-state index contributed by atoms with van der Waals surface area (Å²) >= 11 is 0. The topological polar surface area (TPSA) is 99.7 Å². The maximum absolute atomic E-state index is 14.0. The van der Waals surface area contributed by atoms with Crippen LogP contribution in [0, 0.1) is 5.41 Å². The molecule has 2 aliphatic heterocycles. The van der Waals surface area contributed by atoms with Crippen molar-refractivity contribution in [3.05, 3.63) is 70.9 Å². The summed E-state index contributed by atoms with van der Waals surface area (Å²) in [5.74, 6) is -1.50. The molecule has 2 aromatic carbocycles. The second-order valence-electron chi connectivity index (χ2n) is 12.6. The standard InChI is InChI=1S/C32H33F3N6O3/c1-40-14-12-30(13-15-40)16-19(17-30)37-26(42)20-6-3-4-8-23(20)38-29-36-18-22(32(33,34)35)27(39-29)44-24-9-5-7-21-25(24)28(43)41(2)31(21)10-11-31/h3-9,18-19H,10-17H2,1-2H3,(H,37,42)(H,36,38,39). The van der Waals surface area contributed by atoms with Gasteiger partial charge in [-0.25, -0.2) is 4.98 Å². The molecule has 3 heterocycles. The van der Waals surface area contributed by atoms with E-state index in [0.717, 1.165) is 57.2 Å². The molecule has 0 unspecified atom stereocenters. The van der Waals surface area contributed by atoms with E-state index in [4.69, 9.17) is 4.74 Å². The van der Waals surface area contributed by atoms with Crippen LogP contribution in [0.1, 0.15) is 70.4 Å². The maximum Gasteiger partial charge on any atom is 0.423 e. The van der Waals surface area contributed by atoms with Crippen molar-refractivity contribution < 1.29 is 27.5 Å². The first kappa shape index (κ1) is 28.6. The minimum Gasteiger partial charge on any atom is -0.437 e. The van der Waals surface area contributed by atoms with Crippen LogP contribution in [-0.4, -0.2) is 64.8 Å². The summed E-state index contributed by atoms with van der Waals surface area (Å²) in [7, 11) is 3.82. The summed E-state index contributed by atoms with van der Waals surface area (Å²) in [5, 5.41) is 6.02. The predicted molar refractivity (Wildman–Crippen MR) is 156 cm³/mol. The van der Waals surface area contributed by atoms with Crippen molar-refractivity contribution in [2.45, 2.75) is 56.3 Å². The van der Waals surface area contributed by atoms with Crippen molar-refractivity contribution in [3.8, 4) is 11.6 Å². The Balaban J connectivity index is 1.12. The molecule has 2 amide bonds. The second-order valence-corrected chi connectivity index (χ2v) is 12.6. The monoisotopic (exact) mass is 606 g/mol. The SMILES string of the molecule is CN1CCC2(CC1)CC(NC(=O)c1ccccc1Nc1ncc(C(F)(F)F)c(Oc3cccc4c3C(=O)N(C)C43CC3)n1)C2. The zero-order valence-corrected chi connectivity index (χ0v) is 24.5. The lowest BCUT2D eigenvalue weighted by molar-refractivity contribution is -0.139. The molecule has 7 rings (SSSR count). The molecule has 2 aliphatic carbocycles. The van der Waals surface area contributed by atoms with Crippen LogP contribution in [0.25, 0.3) is 0 Å². The number of halogens is 3. The van der Waals surface area contributed by atoms with Crippen molar-refractivity contribution in [1.82, 2.24) is 25.1 Å². The molecule has 3 fully saturated rings. The summed E-state index contributed by atoms with van der Waals surface area (Å²) in [6, 6.07) is 11.7. The number of piperidine rings is 1. The number of nitrogens with one attached hydrogen (secondary N) is 2. The van der Waals surface area contributed by atoms with Crippen LogP contribution in [0.4, 0.5) is 24.8 Å². The molecule has 44 heavy (non-hydrogen) atoms. The average molecular weight is 607 g/mol. The van der Waals surface area contributed by atoms with E-state index < -0.39 is 23.2 Å². The summed E-state index contributed by atoms with van der Waals surface area (Å²) in [6.07, 6.45) is 1.53. The summed E-state index contributed by atoms with van der Waals surface area (Å²) in [5.41, 5.74) is 0.355. The Morgan fingerprint density at radius 3 is 2.45 bits per heavy atom. The third kappa shape index (κ3) is 4.85. The van der Waals surface area contributed by atoms with Crippen molar-refractivity contribution in [3.63, 3.8) is 0 Å². The first-order valence-corrected chi connectivity index (χ1v) is 14.9. The lowest BCUT2D eigenvalue weighted by atomic mass is 9.60. The van der Waals surface area contributed by atoms with Crippen LogP contribution in [0.15, 0.2) is 48.7 Å². The van der Waals surface area contributed by atoms with Gasteiger partial charge in [-0.2, -0.15) is 18.2 Å². The highest BCUT2D eigenvalue weighted by Gasteiger charge is 2.57. The molecule has 4 aliphatic rings. The van der Waals surface area contributed by atoms with Gasteiger partial charge in [-0.05, 0) is 87.8 Å². The highest BCUT2D eigenvalue weighted by atomic mass is 19.4. The molecule has 0 bridgehead atoms. The minimum absolute atomic E-state index is 0.000865. The van der Waals surface area contributed by atoms with Crippen LogP contribution in [0.2, 0.25) is 0 Å². The van der Waals surface area contributed by atoms with Gasteiger partial charge in [-0.15, -0.1) is 0 Å². The normalized spacial score (nSPS) is 20.4. The van der Waals surface area contributed by atoms with Crippen LogP contribution in [0.5, 0.6) is 11.6 Å². The number of aromatic nitrogens is 2. The Morgan fingerprint density at radius 2 is 1.75 bits per heavy atom. The highest BCUT2D eigenvalue weighted by Crippen LogP contribution is 2.57. The quantitative estimate of drug-likeness (QED) is 0.371. The van der Waals surface area contributed by atoms with Gasteiger partial charge in [0, 0.05) is 19.3 Å². The Bertz CT molecular complexity index is 1640. The number of hydrogen-bond donors (Lipinski definition) is 2. The van der Waals surface area contributed by atoms with E-state index in [2.05, 4.69) is 32.5 Å². The summed E-state index contributed by atoms with van der Waals surface area (Å²) in [6.45, 7) is 2.13.